The van der Waals surface area contributed by atoms with Crippen molar-refractivity contribution < 1.29 is 18.7 Å². The highest BCUT2D eigenvalue weighted by Crippen LogP contribution is 2.38. The van der Waals surface area contributed by atoms with Crippen molar-refractivity contribution >= 4 is 40.0 Å². The van der Waals surface area contributed by atoms with Gasteiger partial charge in [-0.3, -0.25) is 4.79 Å². The van der Waals surface area contributed by atoms with Crippen LogP contribution in [0.3, 0.4) is 0 Å². The fourth-order valence-corrected chi connectivity index (χ4v) is 3.87. The summed E-state index contributed by atoms with van der Waals surface area (Å²) in [7, 11) is 1.47. The number of nitrogens with one attached hydrogen (secondary N) is 1. The Morgan fingerprint density at radius 1 is 1.09 bits per heavy atom. The molecular formula is C28H20ClFN2O3. The maximum atomic E-state index is 13.9. The van der Waals surface area contributed by atoms with E-state index in [-0.39, 0.29) is 22.9 Å². The van der Waals surface area contributed by atoms with E-state index in [4.69, 9.17) is 21.1 Å². The summed E-state index contributed by atoms with van der Waals surface area (Å²) in [6.45, 7) is 0.265. The van der Waals surface area contributed by atoms with Crippen molar-refractivity contribution in [2.75, 3.05) is 12.4 Å². The SMILES string of the molecule is COc1cc(/C=C(/C#N)C(=O)Nc2ccccc2F)cc(Cl)c1OCc1cccc2ccccc12. The Kier molecular flexibility index (Phi) is 7.30. The van der Waals surface area contributed by atoms with E-state index in [0.717, 1.165) is 16.3 Å². The van der Waals surface area contributed by atoms with Crippen LogP contribution < -0.4 is 14.8 Å². The molecule has 0 aliphatic rings. The number of nitriles is 1. The average Bonchev–Trinajstić information content (AvgIpc) is 2.87. The number of nitrogens with zero attached hydrogens (tertiary/aromatic N) is 1. The first-order valence-electron chi connectivity index (χ1n) is 10.6. The first-order valence-corrected chi connectivity index (χ1v) is 11.0. The summed E-state index contributed by atoms with van der Waals surface area (Å²) in [5, 5.41) is 14.3. The number of anilines is 1. The standard InChI is InChI=1S/C28H20ClFN2O3/c1-34-26-15-18(13-21(16-31)28(33)32-25-12-5-4-11-24(25)30)14-23(29)27(26)35-17-20-9-6-8-19-7-2-3-10-22(19)20/h2-15H,17H2,1H3,(H,32,33)/b21-13-. The van der Waals surface area contributed by atoms with Gasteiger partial charge in [0.25, 0.3) is 5.91 Å². The van der Waals surface area contributed by atoms with Gasteiger partial charge in [0, 0.05) is 0 Å². The summed E-state index contributed by atoms with van der Waals surface area (Å²) in [5.41, 5.74) is 1.19. The number of rotatable bonds is 7. The summed E-state index contributed by atoms with van der Waals surface area (Å²) in [6.07, 6.45) is 1.35. The predicted octanol–water partition coefficient (Wildman–Crippen LogP) is 6.77. The number of carbonyl (C=O) groups excluding carboxylic acids is 1. The van der Waals surface area contributed by atoms with Crippen molar-refractivity contribution in [2.45, 2.75) is 6.61 Å². The number of methoxy groups -OCH3 is 1. The van der Waals surface area contributed by atoms with E-state index in [1.165, 1.54) is 31.4 Å². The first-order chi connectivity index (χ1) is 17.0. The van der Waals surface area contributed by atoms with E-state index >= 15 is 0 Å². The van der Waals surface area contributed by atoms with Crippen LogP contribution in [0.5, 0.6) is 11.5 Å². The van der Waals surface area contributed by atoms with Crippen LogP contribution in [-0.4, -0.2) is 13.0 Å². The molecule has 1 N–H and O–H groups in total. The lowest BCUT2D eigenvalue weighted by Gasteiger charge is -2.14. The van der Waals surface area contributed by atoms with Gasteiger partial charge in [-0.1, -0.05) is 66.2 Å². The van der Waals surface area contributed by atoms with Crippen LogP contribution >= 0.6 is 11.6 Å². The minimum atomic E-state index is -0.746. The van der Waals surface area contributed by atoms with Crippen LogP contribution in [0.15, 0.2) is 84.4 Å². The molecule has 4 rings (SSSR count). The quantitative estimate of drug-likeness (QED) is 0.231. The first kappa shape index (κ1) is 23.8. The number of fused-ring (bicyclic) bond motifs is 1. The van der Waals surface area contributed by atoms with Gasteiger partial charge < -0.3 is 14.8 Å². The highest BCUT2D eigenvalue weighted by molar-refractivity contribution is 6.32. The van der Waals surface area contributed by atoms with Gasteiger partial charge >= 0.3 is 0 Å². The highest BCUT2D eigenvalue weighted by atomic mass is 35.5. The predicted molar refractivity (Wildman–Crippen MR) is 135 cm³/mol. The van der Waals surface area contributed by atoms with Crippen LogP contribution in [0.25, 0.3) is 16.8 Å². The Hall–Kier alpha value is -4.34. The number of halogens is 2. The molecule has 1 amide bonds. The molecule has 0 aromatic heterocycles. The molecule has 35 heavy (non-hydrogen) atoms. The van der Waals surface area contributed by atoms with Crippen molar-refractivity contribution in [1.29, 1.82) is 5.26 Å². The third-order valence-electron chi connectivity index (χ3n) is 5.30. The summed E-state index contributed by atoms with van der Waals surface area (Å²) in [6, 6.07) is 24.7. The second kappa shape index (κ2) is 10.7. The van der Waals surface area contributed by atoms with Crippen molar-refractivity contribution in [1.82, 2.24) is 0 Å². The number of amides is 1. The lowest BCUT2D eigenvalue weighted by Crippen LogP contribution is -2.14. The van der Waals surface area contributed by atoms with Crippen LogP contribution in [0.2, 0.25) is 5.02 Å². The lowest BCUT2D eigenvalue weighted by atomic mass is 10.1. The van der Waals surface area contributed by atoms with Crippen molar-refractivity contribution in [2.24, 2.45) is 0 Å². The van der Waals surface area contributed by atoms with E-state index in [9.17, 15) is 14.4 Å². The zero-order valence-corrected chi connectivity index (χ0v) is 19.5. The molecule has 4 aromatic rings. The Bertz CT molecular complexity index is 1470. The second-order valence-electron chi connectivity index (χ2n) is 7.56. The van der Waals surface area contributed by atoms with Gasteiger partial charge in [-0.25, -0.2) is 4.39 Å². The Labute approximate surface area is 207 Å². The molecule has 0 heterocycles. The van der Waals surface area contributed by atoms with E-state index < -0.39 is 11.7 Å². The maximum absolute atomic E-state index is 13.9. The fraction of sp³-hybridized carbons (Fsp3) is 0.0714. The molecule has 0 bridgehead atoms. The highest BCUT2D eigenvalue weighted by Gasteiger charge is 2.16. The summed E-state index contributed by atoms with van der Waals surface area (Å²) < 4.78 is 25.3. The maximum Gasteiger partial charge on any atom is 0.266 e. The van der Waals surface area contributed by atoms with E-state index in [0.29, 0.717) is 17.1 Å². The normalized spacial score (nSPS) is 11.1. The second-order valence-corrected chi connectivity index (χ2v) is 7.97. The molecule has 0 saturated carbocycles. The van der Waals surface area contributed by atoms with Gasteiger partial charge in [0.15, 0.2) is 11.5 Å². The molecule has 0 aliphatic carbocycles. The monoisotopic (exact) mass is 486 g/mol. The van der Waals surface area contributed by atoms with Crippen molar-refractivity contribution in [3.63, 3.8) is 0 Å². The number of hydrogen-bond donors (Lipinski definition) is 1. The molecule has 5 nitrogen and oxygen atoms in total. The summed E-state index contributed by atoms with van der Waals surface area (Å²) in [4.78, 5) is 12.5. The van der Waals surface area contributed by atoms with Crippen LogP contribution in [0.1, 0.15) is 11.1 Å². The molecule has 4 aromatic carbocycles. The number of carbonyl (C=O) groups is 1. The largest absolute Gasteiger partial charge is 0.493 e. The average molecular weight is 487 g/mol. The summed E-state index contributed by atoms with van der Waals surface area (Å²) >= 11 is 6.49. The van der Waals surface area contributed by atoms with Gasteiger partial charge in [0.2, 0.25) is 0 Å². The minimum Gasteiger partial charge on any atom is -0.493 e. The molecule has 0 radical (unpaired) electrons. The Morgan fingerprint density at radius 2 is 1.83 bits per heavy atom. The topological polar surface area (TPSA) is 71.3 Å². The molecule has 0 aliphatic heterocycles. The van der Waals surface area contributed by atoms with Gasteiger partial charge in [0.05, 0.1) is 17.8 Å². The van der Waals surface area contributed by atoms with Gasteiger partial charge in [-0.2, -0.15) is 5.26 Å². The van der Waals surface area contributed by atoms with Crippen molar-refractivity contribution in [3.8, 4) is 17.6 Å². The number of para-hydroxylation sites is 1. The van der Waals surface area contributed by atoms with Crippen LogP contribution in [-0.2, 0) is 11.4 Å². The third kappa shape index (κ3) is 5.43. The van der Waals surface area contributed by atoms with Crippen LogP contribution in [0, 0.1) is 17.1 Å². The molecule has 0 unspecified atom stereocenters. The fourth-order valence-electron chi connectivity index (χ4n) is 3.60. The number of hydrogen-bond acceptors (Lipinski definition) is 4. The van der Waals surface area contributed by atoms with Gasteiger partial charge in [0.1, 0.15) is 24.1 Å². The zero-order chi connectivity index (χ0) is 24.8. The zero-order valence-electron chi connectivity index (χ0n) is 18.7. The molecule has 0 spiro atoms. The minimum absolute atomic E-state index is 0.0218. The third-order valence-corrected chi connectivity index (χ3v) is 5.58. The number of benzene rings is 4. The smallest absolute Gasteiger partial charge is 0.266 e. The van der Waals surface area contributed by atoms with Crippen molar-refractivity contribution in [3.05, 3.63) is 106 Å². The Morgan fingerprint density at radius 3 is 2.60 bits per heavy atom. The van der Waals surface area contributed by atoms with Crippen LogP contribution in [0.4, 0.5) is 10.1 Å². The lowest BCUT2D eigenvalue weighted by molar-refractivity contribution is -0.112. The molecule has 7 heteroatoms. The van der Waals surface area contributed by atoms with E-state index in [1.807, 2.05) is 48.5 Å². The molecule has 0 atom stereocenters. The van der Waals surface area contributed by atoms with E-state index in [1.54, 1.807) is 18.2 Å². The summed E-state index contributed by atoms with van der Waals surface area (Å²) in [5.74, 6) is -0.663. The molecule has 0 saturated heterocycles. The van der Waals surface area contributed by atoms with Gasteiger partial charge in [-0.15, -0.1) is 0 Å². The van der Waals surface area contributed by atoms with Gasteiger partial charge in [-0.05, 0) is 52.2 Å². The molecular weight excluding hydrogens is 467 g/mol. The number of ether oxygens (including phenoxy) is 2. The Balaban J connectivity index is 1.58. The van der Waals surface area contributed by atoms with E-state index in [2.05, 4.69) is 5.32 Å². The molecule has 174 valence electrons. The molecule has 0 fully saturated rings.